The first-order chi connectivity index (χ1) is 8.02. The highest BCUT2D eigenvalue weighted by atomic mass is 35.5. The van der Waals surface area contributed by atoms with Crippen molar-refractivity contribution in [3.05, 3.63) is 29.0 Å². The zero-order chi connectivity index (χ0) is 12.5. The van der Waals surface area contributed by atoms with Gasteiger partial charge in [-0.05, 0) is 31.5 Å². The van der Waals surface area contributed by atoms with Gasteiger partial charge in [-0.25, -0.2) is 4.39 Å². The number of hydrogen-bond acceptors (Lipinski definition) is 3. The van der Waals surface area contributed by atoms with Crippen molar-refractivity contribution >= 4 is 34.2 Å². The maximum atomic E-state index is 13.6. The van der Waals surface area contributed by atoms with Gasteiger partial charge in [0.2, 0.25) is 0 Å². The third kappa shape index (κ3) is 2.93. The van der Waals surface area contributed by atoms with Gasteiger partial charge in [0.1, 0.15) is 5.82 Å². The molecule has 1 aliphatic heterocycles. The van der Waals surface area contributed by atoms with E-state index < -0.39 is 0 Å². The maximum absolute atomic E-state index is 13.6. The van der Waals surface area contributed by atoms with E-state index in [0.29, 0.717) is 10.7 Å². The lowest BCUT2D eigenvalue weighted by Crippen LogP contribution is -2.20. The Hall–Kier alpha value is -0.740. The van der Waals surface area contributed by atoms with E-state index in [1.807, 2.05) is 0 Å². The molecular weight excluding hydrogens is 259 g/mol. The SMILES string of the molecule is CCC1(C)CSC(Nc2ccc(Cl)cc2F)=N1. The summed E-state index contributed by atoms with van der Waals surface area (Å²) >= 11 is 7.32. The molecule has 1 aromatic carbocycles. The van der Waals surface area contributed by atoms with Crippen LogP contribution in [0, 0.1) is 5.82 Å². The van der Waals surface area contributed by atoms with Gasteiger partial charge in [0.25, 0.3) is 0 Å². The van der Waals surface area contributed by atoms with Crippen molar-refractivity contribution in [1.82, 2.24) is 0 Å². The Kier molecular flexibility index (Phi) is 3.64. The van der Waals surface area contributed by atoms with E-state index in [-0.39, 0.29) is 11.4 Å². The number of halogens is 2. The van der Waals surface area contributed by atoms with Crippen LogP contribution in [0.1, 0.15) is 20.3 Å². The molecule has 0 saturated carbocycles. The van der Waals surface area contributed by atoms with Crippen LogP contribution in [-0.4, -0.2) is 16.5 Å². The van der Waals surface area contributed by atoms with Gasteiger partial charge < -0.3 is 5.32 Å². The highest BCUT2D eigenvalue weighted by Gasteiger charge is 2.28. The molecule has 2 rings (SSSR count). The highest BCUT2D eigenvalue weighted by Crippen LogP contribution is 2.31. The summed E-state index contributed by atoms with van der Waals surface area (Å²) in [7, 11) is 0. The minimum absolute atomic E-state index is 0.0318. The largest absolute Gasteiger partial charge is 0.333 e. The number of aliphatic imine (C=N–C) groups is 1. The predicted molar refractivity (Wildman–Crippen MR) is 73.6 cm³/mol. The van der Waals surface area contributed by atoms with E-state index in [1.54, 1.807) is 23.9 Å². The fraction of sp³-hybridized carbons (Fsp3) is 0.417. The number of thioether (sulfide) groups is 1. The number of anilines is 1. The summed E-state index contributed by atoms with van der Waals surface area (Å²) in [6, 6.07) is 4.58. The first kappa shape index (κ1) is 12.7. The van der Waals surface area contributed by atoms with E-state index in [4.69, 9.17) is 11.6 Å². The molecule has 0 aromatic heterocycles. The van der Waals surface area contributed by atoms with Crippen molar-refractivity contribution in [1.29, 1.82) is 0 Å². The van der Waals surface area contributed by atoms with Crippen LogP contribution in [0.15, 0.2) is 23.2 Å². The molecule has 0 amide bonds. The minimum Gasteiger partial charge on any atom is -0.333 e. The van der Waals surface area contributed by atoms with Crippen molar-refractivity contribution < 1.29 is 4.39 Å². The van der Waals surface area contributed by atoms with Gasteiger partial charge in [-0.3, -0.25) is 4.99 Å². The zero-order valence-corrected chi connectivity index (χ0v) is 11.3. The van der Waals surface area contributed by atoms with Gasteiger partial charge in [-0.15, -0.1) is 0 Å². The van der Waals surface area contributed by atoms with Crippen molar-refractivity contribution in [3.8, 4) is 0 Å². The molecule has 0 bridgehead atoms. The first-order valence-corrected chi connectivity index (χ1v) is 6.83. The van der Waals surface area contributed by atoms with Gasteiger partial charge in [-0.1, -0.05) is 30.3 Å². The maximum Gasteiger partial charge on any atom is 0.161 e. The van der Waals surface area contributed by atoms with Crippen molar-refractivity contribution in [2.45, 2.75) is 25.8 Å². The lowest BCUT2D eigenvalue weighted by Gasteiger charge is -2.15. The van der Waals surface area contributed by atoms with Crippen molar-refractivity contribution in [2.75, 3.05) is 11.1 Å². The Morgan fingerprint density at radius 1 is 1.59 bits per heavy atom. The summed E-state index contributed by atoms with van der Waals surface area (Å²) in [6.45, 7) is 4.21. The average molecular weight is 273 g/mol. The molecule has 0 saturated heterocycles. The van der Waals surface area contributed by atoms with Crippen LogP contribution in [0.5, 0.6) is 0 Å². The van der Waals surface area contributed by atoms with Gasteiger partial charge in [0, 0.05) is 10.8 Å². The molecule has 1 aromatic rings. The number of nitrogens with zero attached hydrogens (tertiary/aromatic N) is 1. The van der Waals surface area contributed by atoms with Gasteiger partial charge in [0.05, 0.1) is 11.2 Å². The summed E-state index contributed by atoms with van der Waals surface area (Å²) in [5, 5.41) is 4.17. The van der Waals surface area contributed by atoms with Crippen LogP contribution in [0.3, 0.4) is 0 Å². The molecule has 0 fully saturated rings. The number of benzene rings is 1. The minimum atomic E-state index is -0.356. The molecule has 1 unspecified atom stereocenters. The van der Waals surface area contributed by atoms with E-state index in [1.165, 1.54) is 6.07 Å². The molecule has 2 nitrogen and oxygen atoms in total. The molecule has 17 heavy (non-hydrogen) atoms. The Morgan fingerprint density at radius 3 is 2.94 bits per heavy atom. The van der Waals surface area contributed by atoms with E-state index in [2.05, 4.69) is 24.2 Å². The average Bonchev–Trinajstić information content (AvgIpc) is 2.66. The molecule has 1 heterocycles. The molecule has 0 radical (unpaired) electrons. The standard InChI is InChI=1S/C12H14ClFN2S/c1-3-12(2)7-17-11(16-12)15-10-5-4-8(13)6-9(10)14/h4-6H,3,7H2,1-2H3,(H,15,16). The normalized spacial score (nSPS) is 23.6. The number of nitrogens with one attached hydrogen (secondary N) is 1. The number of hydrogen-bond donors (Lipinski definition) is 1. The van der Waals surface area contributed by atoms with Crippen LogP contribution < -0.4 is 5.32 Å². The monoisotopic (exact) mass is 272 g/mol. The topological polar surface area (TPSA) is 24.4 Å². The molecular formula is C12H14ClFN2S. The van der Waals surface area contributed by atoms with E-state index >= 15 is 0 Å². The zero-order valence-electron chi connectivity index (χ0n) is 9.76. The van der Waals surface area contributed by atoms with Crippen LogP contribution >= 0.6 is 23.4 Å². The smallest absolute Gasteiger partial charge is 0.161 e. The van der Waals surface area contributed by atoms with E-state index in [0.717, 1.165) is 17.3 Å². The second kappa shape index (κ2) is 4.86. The Labute approximate surface area is 110 Å². The number of amidine groups is 1. The molecule has 1 N–H and O–H groups in total. The third-order valence-corrected chi connectivity index (χ3v) is 4.29. The Balaban J connectivity index is 2.15. The van der Waals surface area contributed by atoms with E-state index in [9.17, 15) is 4.39 Å². The molecule has 0 spiro atoms. The fourth-order valence-electron chi connectivity index (χ4n) is 1.48. The molecule has 5 heteroatoms. The molecule has 92 valence electrons. The highest BCUT2D eigenvalue weighted by molar-refractivity contribution is 8.14. The first-order valence-electron chi connectivity index (χ1n) is 5.47. The second-order valence-electron chi connectivity index (χ2n) is 4.31. The van der Waals surface area contributed by atoms with Crippen LogP contribution in [0.25, 0.3) is 0 Å². The lowest BCUT2D eigenvalue weighted by molar-refractivity contribution is 0.522. The number of rotatable bonds is 2. The van der Waals surface area contributed by atoms with Gasteiger partial charge in [-0.2, -0.15) is 0 Å². The quantitative estimate of drug-likeness (QED) is 0.874. The second-order valence-corrected chi connectivity index (χ2v) is 5.71. The lowest BCUT2D eigenvalue weighted by atomic mass is 10.0. The Morgan fingerprint density at radius 2 is 2.35 bits per heavy atom. The molecule has 1 aliphatic rings. The van der Waals surface area contributed by atoms with Crippen LogP contribution in [-0.2, 0) is 0 Å². The summed E-state index contributed by atoms with van der Waals surface area (Å²) < 4.78 is 13.6. The molecule has 0 aliphatic carbocycles. The van der Waals surface area contributed by atoms with Gasteiger partial charge in [0.15, 0.2) is 5.17 Å². The predicted octanol–water partition coefficient (Wildman–Crippen LogP) is 4.16. The summed E-state index contributed by atoms with van der Waals surface area (Å²) in [5.41, 5.74) is 0.386. The van der Waals surface area contributed by atoms with Crippen molar-refractivity contribution in [3.63, 3.8) is 0 Å². The van der Waals surface area contributed by atoms with Crippen LogP contribution in [0.2, 0.25) is 5.02 Å². The summed E-state index contributed by atoms with van der Waals surface area (Å²) in [4.78, 5) is 4.57. The third-order valence-electron chi connectivity index (χ3n) is 2.83. The van der Waals surface area contributed by atoms with Crippen LogP contribution in [0.4, 0.5) is 10.1 Å². The Bertz CT molecular complexity index is 464. The summed E-state index contributed by atoms with van der Waals surface area (Å²) in [6.07, 6.45) is 0.980. The van der Waals surface area contributed by atoms with Gasteiger partial charge >= 0.3 is 0 Å². The summed E-state index contributed by atoms with van der Waals surface area (Å²) in [5.74, 6) is 0.576. The molecule has 1 atom stereocenters. The fourth-order valence-corrected chi connectivity index (χ4v) is 2.83. The van der Waals surface area contributed by atoms with Crippen molar-refractivity contribution in [2.24, 2.45) is 4.99 Å².